The summed E-state index contributed by atoms with van der Waals surface area (Å²) < 4.78 is 5.63. The number of piperidine rings is 1. The fourth-order valence-corrected chi connectivity index (χ4v) is 4.46. The Balaban J connectivity index is 1.22. The van der Waals surface area contributed by atoms with Crippen molar-refractivity contribution in [2.75, 3.05) is 36.5 Å². The van der Waals surface area contributed by atoms with Gasteiger partial charge in [0.1, 0.15) is 12.1 Å². The molecule has 1 saturated heterocycles. The minimum atomic E-state index is 0.0168. The number of nitrogens with zero attached hydrogens (tertiary/aromatic N) is 4. The fourth-order valence-electron chi connectivity index (χ4n) is 4.46. The molecule has 0 bridgehead atoms. The van der Waals surface area contributed by atoms with Gasteiger partial charge in [-0.2, -0.15) is 0 Å². The van der Waals surface area contributed by atoms with Crippen LogP contribution in [0.15, 0.2) is 30.6 Å². The van der Waals surface area contributed by atoms with E-state index in [2.05, 4.69) is 26.3 Å². The number of hydrogen-bond donors (Lipinski definition) is 1. The lowest BCUT2D eigenvalue weighted by Crippen LogP contribution is -2.44. The van der Waals surface area contributed by atoms with Crippen LogP contribution in [-0.2, 0) is 24.3 Å². The summed E-state index contributed by atoms with van der Waals surface area (Å²) in [5.41, 5.74) is 4.41. The first kappa shape index (κ1) is 17.4. The van der Waals surface area contributed by atoms with Crippen molar-refractivity contribution >= 4 is 17.5 Å². The lowest BCUT2D eigenvalue weighted by Gasteiger charge is -2.37. The highest BCUT2D eigenvalue weighted by Crippen LogP contribution is 2.30. The van der Waals surface area contributed by atoms with Gasteiger partial charge in [0.05, 0.1) is 18.9 Å². The van der Waals surface area contributed by atoms with Crippen LogP contribution in [0.3, 0.4) is 0 Å². The number of para-hydroxylation sites is 1. The van der Waals surface area contributed by atoms with Gasteiger partial charge in [-0.15, -0.1) is 0 Å². The number of aromatic nitrogens is 2. The summed E-state index contributed by atoms with van der Waals surface area (Å²) >= 11 is 0. The number of amides is 2. The van der Waals surface area contributed by atoms with Gasteiger partial charge in [0, 0.05) is 43.9 Å². The van der Waals surface area contributed by atoms with Crippen LogP contribution in [0.4, 0.5) is 16.3 Å². The zero-order valence-electron chi connectivity index (χ0n) is 15.9. The van der Waals surface area contributed by atoms with E-state index in [1.54, 1.807) is 6.33 Å². The summed E-state index contributed by atoms with van der Waals surface area (Å²) in [6, 6.07) is 8.06. The number of carbonyl (C=O) groups excluding carboxylic acids is 1. The van der Waals surface area contributed by atoms with Gasteiger partial charge in [-0.05, 0) is 30.4 Å². The molecule has 0 unspecified atom stereocenters. The molecule has 1 aromatic carbocycles. The molecule has 0 radical (unpaired) electrons. The minimum Gasteiger partial charge on any atom is -0.376 e. The van der Waals surface area contributed by atoms with E-state index >= 15 is 0 Å². The summed E-state index contributed by atoms with van der Waals surface area (Å²) in [6.07, 6.45) is 4.67. The number of carbonyl (C=O) groups is 1. The molecule has 28 heavy (non-hydrogen) atoms. The first-order chi connectivity index (χ1) is 13.8. The first-order valence-electron chi connectivity index (χ1n) is 10.1. The van der Waals surface area contributed by atoms with Crippen molar-refractivity contribution in [3.05, 3.63) is 47.4 Å². The Hall–Kier alpha value is -2.67. The number of nitrogens with one attached hydrogen (secondary N) is 1. The Labute approximate surface area is 164 Å². The minimum absolute atomic E-state index is 0.0168. The second kappa shape index (κ2) is 7.39. The van der Waals surface area contributed by atoms with Crippen LogP contribution < -0.4 is 10.2 Å². The number of hydrogen-bond acceptors (Lipinski definition) is 5. The third kappa shape index (κ3) is 3.30. The van der Waals surface area contributed by atoms with Gasteiger partial charge in [0.25, 0.3) is 0 Å². The summed E-state index contributed by atoms with van der Waals surface area (Å²) in [7, 11) is 0. The van der Waals surface area contributed by atoms with E-state index in [1.165, 1.54) is 5.56 Å². The molecule has 0 saturated carbocycles. The molecule has 1 fully saturated rings. The number of benzene rings is 1. The fraction of sp³-hybridized carbons (Fsp3) is 0.476. The van der Waals surface area contributed by atoms with Crippen molar-refractivity contribution in [3.8, 4) is 0 Å². The van der Waals surface area contributed by atoms with Crippen molar-refractivity contribution in [1.82, 2.24) is 14.9 Å². The lowest BCUT2D eigenvalue weighted by atomic mass is 9.95. The quantitative estimate of drug-likeness (QED) is 0.888. The standard InChI is InChI=1S/C21H25N5O2/c27-21-24-18-4-2-1-3-16(18)12-26(21)11-15-5-8-25(9-6-15)20-17-13-28-10-7-19(17)22-14-23-20/h1-4,14-15H,5-13H2,(H,24,27). The van der Waals surface area contributed by atoms with Crippen LogP contribution in [-0.4, -0.2) is 47.1 Å². The molecule has 0 aliphatic carbocycles. The molecule has 2 amide bonds. The van der Waals surface area contributed by atoms with Crippen molar-refractivity contribution in [2.45, 2.75) is 32.4 Å². The Bertz CT molecular complexity index is 879. The second-order valence-electron chi connectivity index (χ2n) is 7.82. The molecular weight excluding hydrogens is 354 g/mol. The van der Waals surface area contributed by atoms with E-state index in [9.17, 15) is 4.79 Å². The van der Waals surface area contributed by atoms with E-state index in [-0.39, 0.29) is 6.03 Å². The first-order valence-corrected chi connectivity index (χ1v) is 10.1. The topological polar surface area (TPSA) is 70.6 Å². The zero-order valence-corrected chi connectivity index (χ0v) is 15.9. The molecule has 3 aliphatic heterocycles. The van der Waals surface area contributed by atoms with E-state index < -0.39 is 0 Å². The Morgan fingerprint density at radius 1 is 1.18 bits per heavy atom. The molecule has 0 atom stereocenters. The van der Waals surface area contributed by atoms with Gasteiger partial charge in [-0.1, -0.05) is 18.2 Å². The molecule has 2 aromatic rings. The highest BCUT2D eigenvalue weighted by molar-refractivity contribution is 5.92. The maximum atomic E-state index is 12.5. The highest BCUT2D eigenvalue weighted by Gasteiger charge is 2.29. The van der Waals surface area contributed by atoms with Crippen LogP contribution in [0.5, 0.6) is 0 Å². The molecule has 146 valence electrons. The normalized spacial score (nSPS) is 19.8. The van der Waals surface area contributed by atoms with E-state index in [1.807, 2.05) is 23.1 Å². The lowest BCUT2D eigenvalue weighted by molar-refractivity contribution is 0.109. The molecule has 1 N–H and O–H groups in total. The van der Waals surface area contributed by atoms with Gasteiger partial charge in [0.15, 0.2) is 0 Å². The molecule has 7 heteroatoms. The molecule has 3 aliphatic rings. The molecule has 1 aromatic heterocycles. The summed E-state index contributed by atoms with van der Waals surface area (Å²) in [5, 5.41) is 3.01. The van der Waals surface area contributed by atoms with Crippen molar-refractivity contribution < 1.29 is 9.53 Å². The van der Waals surface area contributed by atoms with Crippen molar-refractivity contribution in [2.24, 2.45) is 5.92 Å². The number of fused-ring (bicyclic) bond motifs is 2. The zero-order chi connectivity index (χ0) is 18.9. The monoisotopic (exact) mass is 379 g/mol. The Morgan fingerprint density at radius 3 is 2.93 bits per heavy atom. The van der Waals surface area contributed by atoms with Crippen LogP contribution in [0.25, 0.3) is 0 Å². The van der Waals surface area contributed by atoms with E-state index in [0.717, 1.165) is 68.3 Å². The SMILES string of the molecule is O=C1Nc2ccccc2CN1CC1CCN(c2ncnc3c2COCC3)CC1. The van der Waals surface area contributed by atoms with Crippen LogP contribution in [0, 0.1) is 5.92 Å². The molecule has 0 spiro atoms. The van der Waals surface area contributed by atoms with Crippen LogP contribution >= 0.6 is 0 Å². The Morgan fingerprint density at radius 2 is 2.04 bits per heavy atom. The number of anilines is 2. The van der Waals surface area contributed by atoms with Gasteiger partial charge in [-0.25, -0.2) is 14.8 Å². The third-order valence-corrected chi connectivity index (χ3v) is 6.04. The molecule has 5 rings (SSSR count). The predicted octanol–water partition coefficient (Wildman–Crippen LogP) is 2.81. The maximum Gasteiger partial charge on any atom is 0.322 e. The molecule has 7 nitrogen and oxygen atoms in total. The Kier molecular flexibility index (Phi) is 4.60. The molecule has 4 heterocycles. The second-order valence-corrected chi connectivity index (χ2v) is 7.82. The van der Waals surface area contributed by atoms with Gasteiger partial charge < -0.3 is 19.9 Å². The number of ether oxygens (including phenoxy) is 1. The van der Waals surface area contributed by atoms with Gasteiger partial charge in [-0.3, -0.25) is 0 Å². The summed E-state index contributed by atoms with van der Waals surface area (Å²) in [5.74, 6) is 1.55. The van der Waals surface area contributed by atoms with E-state index in [0.29, 0.717) is 19.1 Å². The summed E-state index contributed by atoms with van der Waals surface area (Å²) in [4.78, 5) is 25.7. The smallest absolute Gasteiger partial charge is 0.322 e. The number of rotatable bonds is 3. The maximum absolute atomic E-state index is 12.5. The van der Waals surface area contributed by atoms with Gasteiger partial charge >= 0.3 is 6.03 Å². The molecular formula is C21H25N5O2. The highest BCUT2D eigenvalue weighted by atomic mass is 16.5. The van der Waals surface area contributed by atoms with Gasteiger partial charge in [0.2, 0.25) is 0 Å². The predicted molar refractivity (Wildman–Crippen MR) is 106 cm³/mol. The van der Waals surface area contributed by atoms with Crippen molar-refractivity contribution in [3.63, 3.8) is 0 Å². The average Bonchev–Trinajstić information content (AvgIpc) is 2.74. The third-order valence-electron chi connectivity index (χ3n) is 6.04. The van der Waals surface area contributed by atoms with Crippen molar-refractivity contribution in [1.29, 1.82) is 0 Å². The largest absolute Gasteiger partial charge is 0.376 e. The van der Waals surface area contributed by atoms with Crippen LogP contribution in [0.1, 0.15) is 29.7 Å². The van der Waals surface area contributed by atoms with E-state index in [4.69, 9.17) is 4.74 Å². The summed E-state index contributed by atoms with van der Waals surface area (Å²) in [6.45, 7) is 4.77. The average molecular weight is 379 g/mol. The van der Waals surface area contributed by atoms with Crippen LogP contribution in [0.2, 0.25) is 0 Å². The number of urea groups is 1.